The Bertz CT molecular complexity index is 826. The smallest absolute Gasteiger partial charge is 0.254 e. The zero-order chi connectivity index (χ0) is 16.2. The molecule has 1 aromatic carbocycles. The van der Waals surface area contributed by atoms with E-state index in [-0.39, 0.29) is 5.91 Å². The zero-order valence-corrected chi connectivity index (χ0v) is 13.1. The fraction of sp³-hybridized carbons (Fsp3) is 0.250. The molecule has 118 valence electrons. The molecule has 2 aromatic heterocycles. The van der Waals surface area contributed by atoms with Crippen LogP contribution in [0.15, 0.2) is 42.7 Å². The topological polar surface area (TPSA) is 75.4 Å². The highest BCUT2D eigenvalue weighted by atomic mass is 16.1. The Morgan fingerprint density at radius 1 is 1.26 bits per heavy atom. The number of hydrogen-bond acceptors (Lipinski definition) is 5. The summed E-state index contributed by atoms with van der Waals surface area (Å²) in [5, 5.41) is 10.9. The van der Waals surface area contributed by atoms with Crippen molar-refractivity contribution < 1.29 is 4.79 Å². The molecule has 2 heterocycles. The van der Waals surface area contributed by atoms with E-state index in [2.05, 4.69) is 25.4 Å². The molecule has 0 saturated heterocycles. The summed E-state index contributed by atoms with van der Waals surface area (Å²) in [4.78, 5) is 18.5. The van der Waals surface area contributed by atoms with Crippen LogP contribution in [0, 0.1) is 0 Å². The minimum Gasteiger partial charge on any atom is -0.345 e. The summed E-state index contributed by atoms with van der Waals surface area (Å²) in [5.41, 5.74) is 1.73. The molecule has 3 rings (SSSR count). The highest BCUT2D eigenvalue weighted by molar-refractivity contribution is 5.94. The lowest BCUT2D eigenvalue weighted by molar-refractivity contribution is 0.0949. The Morgan fingerprint density at radius 2 is 2.13 bits per heavy atom. The van der Waals surface area contributed by atoms with Crippen molar-refractivity contribution in [3.05, 3.63) is 59.7 Å². The van der Waals surface area contributed by atoms with E-state index >= 15 is 0 Å². The Morgan fingerprint density at radius 3 is 2.96 bits per heavy atom. The normalized spacial score (nSPS) is 11.1. The van der Waals surface area contributed by atoms with Crippen LogP contribution in [0.25, 0.3) is 5.78 Å². The van der Waals surface area contributed by atoms with Gasteiger partial charge in [-0.1, -0.05) is 12.1 Å². The predicted octanol–water partition coefficient (Wildman–Crippen LogP) is 1.12. The third kappa shape index (κ3) is 3.51. The molecule has 0 aliphatic rings. The Labute approximate surface area is 134 Å². The van der Waals surface area contributed by atoms with Gasteiger partial charge in [-0.3, -0.25) is 9.20 Å². The maximum absolute atomic E-state index is 12.3. The van der Waals surface area contributed by atoms with E-state index in [0.717, 1.165) is 12.1 Å². The molecule has 7 heteroatoms. The number of carbonyl (C=O) groups excluding carboxylic acids is 1. The second-order valence-electron chi connectivity index (χ2n) is 5.53. The standard InChI is InChI=1S/C16H18N6O/c1-21(2)11-12-5-3-6-13(9-12)15(23)18-10-14-19-20-16-17-7-4-8-22(14)16/h3-9H,10-11H2,1-2H3,(H,18,23). The molecule has 7 nitrogen and oxygen atoms in total. The van der Waals surface area contributed by atoms with Gasteiger partial charge in [0.05, 0.1) is 6.54 Å². The van der Waals surface area contributed by atoms with Crippen LogP contribution in [0.4, 0.5) is 0 Å². The first kappa shape index (κ1) is 15.1. The Kier molecular flexibility index (Phi) is 4.29. The molecular formula is C16H18N6O. The number of amides is 1. The van der Waals surface area contributed by atoms with Crippen molar-refractivity contribution in [1.29, 1.82) is 0 Å². The summed E-state index contributed by atoms with van der Waals surface area (Å²) in [7, 11) is 3.99. The lowest BCUT2D eigenvalue weighted by Gasteiger charge is -2.11. The molecule has 0 aliphatic carbocycles. The van der Waals surface area contributed by atoms with Crippen LogP contribution in [-0.2, 0) is 13.1 Å². The number of aromatic nitrogens is 4. The summed E-state index contributed by atoms with van der Waals surface area (Å²) in [5.74, 6) is 1.03. The van der Waals surface area contributed by atoms with Crippen molar-refractivity contribution >= 4 is 11.7 Å². The summed E-state index contributed by atoms with van der Waals surface area (Å²) >= 11 is 0. The molecule has 0 unspecified atom stereocenters. The minimum absolute atomic E-state index is 0.133. The molecule has 1 N–H and O–H groups in total. The highest BCUT2D eigenvalue weighted by Gasteiger charge is 2.10. The van der Waals surface area contributed by atoms with Gasteiger partial charge in [-0.25, -0.2) is 4.98 Å². The number of nitrogens with zero attached hydrogens (tertiary/aromatic N) is 5. The quantitative estimate of drug-likeness (QED) is 0.764. The van der Waals surface area contributed by atoms with Crippen LogP contribution < -0.4 is 5.32 Å². The second-order valence-corrected chi connectivity index (χ2v) is 5.53. The van der Waals surface area contributed by atoms with Crippen molar-refractivity contribution in [3.8, 4) is 0 Å². The first-order chi connectivity index (χ1) is 11.1. The van der Waals surface area contributed by atoms with Crippen LogP contribution in [0.1, 0.15) is 21.7 Å². The molecule has 0 bridgehead atoms. The monoisotopic (exact) mass is 310 g/mol. The number of fused-ring (bicyclic) bond motifs is 1. The predicted molar refractivity (Wildman–Crippen MR) is 85.8 cm³/mol. The van der Waals surface area contributed by atoms with Gasteiger partial charge in [0.1, 0.15) is 0 Å². The molecule has 0 fully saturated rings. The van der Waals surface area contributed by atoms with Gasteiger partial charge in [0.2, 0.25) is 0 Å². The summed E-state index contributed by atoms with van der Waals surface area (Å²) in [6, 6.07) is 9.40. The van der Waals surface area contributed by atoms with Gasteiger partial charge >= 0.3 is 0 Å². The van der Waals surface area contributed by atoms with Gasteiger partial charge in [-0.15, -0.1) is 10.2 Å². The van der Waals surface area contributed by atoms with Crippen LogP contribution >= 0.6 is 0 Å². The zero-order valence-electron chi connectivity index (χ0n) is 13.1. The van der Waals surface area contributed by atoms with E-state index in [1.165, 1.54) is 0 Å². The van der Waals surface area contributed by atoms with E-state index in [9.17, 15) is 4.79 Å². The number of carbonyl (C=O) groups is 1. The lowest BCUT2D eigenvalue weighted by Crippen LogP contribution is -2.24. The van der Waals surface area contributed by atoms with Crippen molar-refractivity contribution in [2.24, 2.45) is 0 Å². The van der Waals surface area contributed by atoms with E-state index in [0.29, 0.717) is 23.7 Å². The summed E-state index contributed by atoms with van der Waals surface area (Å²) in [6.45, 7) is 1.09. The van der Waals surface area contributed by atoms with Gasteiger partial charge in [0.25, 0.3) is 11.7 Å². The molecule has 0 spiro atoms. The van der Waals surface area contributed by atoms with Crippen molar-refractivity contribution in [3.63, 3.8) is 0 Å². The summed E-state index contributed by atoms with van der Waals surface area (Å²) in [6.07, 6.45) is 3.48. The average Bonchev–Trinajstić information content (AvgIpc) is 2.95. The fourth-order valence-corrected chi connectivity index (χ4v) is 2.35. The van der Waals surface area contributed by atoms with Crippen LogP contribution in [0.5, 0.6) is 0 Å². The maximum atomic E-state index is 12.3. The van der Waals surface area contributed by atoms with Gasteiger partial charge in [-0.2, -0.15) is 0 Å². The van der Waals surface area contributed by atoms with Gasteiger partial charge in [0.15, 0.2) is 5.82 Å². The van der Waals surface area contributed by atoms with E-state index < -0.39 is 0 Å². The number of nitrogens with one attached hydrogen (secondary N) is 1. The molecule has 1 amide bonds. The van der Waals surface area contributed by atoms with Crippen LogP contribution in [0.3, 0.4) is 0 Å². The molecule has 0 saturated carbocycles. The first-order valence-corrected chi connectivity index (χ1v) is 7.30. The third-order valence-corrected chi connectivity index (χ3v) is 3.35. The molecule has 0 aliphatic heterocycles. The van der Waals surface area contributed by atoms with E-state index in [1.54, 1.807) is 22.7 Å². The molecular weight excluding hydrogens is 292 g/mol. The fourth-order valence-electron chi connectivity index (χ4n) is 2.35. The SMILES string of the molecule is CN(C)Cc1cccc(C(=O)NCc2nnc3ncccn23)c1. The van der Waals surface area contributed by atoms with Gasteiger partial charge < -0.3 is 10.2 Å². The van der Waals surface area contributed by atoms with Gasteiger partial charge in [0, 0.05) is 24.5 Å². The number of rotatable bonds is 5. The van der Waals surface area contributed by atoms with Gasteiger partial charge in [-0.05, 0) is 37.9 Å². The number of benzene rings is 1. The Hall–Kier alpha value is -2.80. The van der Waals surface area contributed by atoms with Crippen molar-refractivity contribution in [1.82, 2.24) is 29.8 Å². The molecule has 23 heavy (non-hydrogen) atoms. The lowest BCUT2D eigenvalue weighted by atomic mass is 10.1. The first-order valence-electron chi connectivity index (χ1n) is 7.30. The van der Waals surface area contributed by atoms with Crippen molar-refractivity contribution in [2.75, 3.05) is 14.1 Å². The Balaban J connectivity index is 1.70. The number of hydrogen-bond donors (Lipinski definition) is 1. The largest absolute Gasteiger partial charge is 0.345 e. The van der Waals surface area contributed by atoms with Crippen LogP contribution in [-0.4, -0.2) is 44.5 Å². The summed E-state index contributed by atoms with van der Waals surface area (Å²) < 4.78 is 1.75. The van der Waals surface area contributed by atoms with E-state index in [4.69, 9.17) is 0 Å². The van der Waals surface area contributed by atoms with Crippen LogP contribution in [0.2, 0.25) is 0 Å². The van der Waals surface area contributed by atoms with E-state index in [1.807, 2.05) is 38.5 Å². The molecule has 0 atom stereocenters. The maximum Gasteiger partial charge on any atom is 0.254 e. The van der Waals surface area contributed by atoms with Crippen molar-refractivity contribution in [2.45, 2.75) is 13.1 Å². The molecule has 3 aromatic rings. The third-order valence-electron chi connectivity index (χ3n) is 3.35. The highest BCUT2D eigenvalue weighted by Crippen LogP contribution is 2.07. The average molecular weight is 310 g/mol. The second kappa shape index (κ2) is 6.53. The minimum atomic E-state index is -0.133. The molecule has 0 radical (unpaired) electrons.